The quantitative estimate of drug-likeness (QED) is 0.619. The van der Waals surface area contributed by atoms with Gasteiger partial charge in [0, 0.05) is 18.4 Å². The first-order valence-corrected chi connectivity index (χ1v) is 10.6. The molecule has 0 bridgehead atoms. The average Bonchev–Trinajstić information content (AvgIpc) is 3.09. The Kier molecular flexibility index (Phi) is 6.09. The van der Waals surface area contributed by atoms with Crippen molar-refractivity contribution in [2.45, 2.75) is 25.7 Å². The van der Waals surface area contributed by atoms with Crippen molar-refractivity contribution >= 4 is 21.6 Å². The summed E-state index contributed by atoms with van der Waals surface area (Å²) in [5.74, 6) is 0.490. The SMILES string of the molecule is Cc1c(C(=O)Nc2ccc(S(=O)(=O)NCC(C)C)cc2)cnn1-c1ccccn1. The van der Waals surface area contributed by atoms with Crippen LogP contribution in [0.15, 0.2) is 59.8 Å². The predicted molar refractivity (Wildman–Crippen MR) is 111 cm³/mol. The fourth-order valence-corrected chi connectivity index (χ4v) is 3.83. The van der Waals surface area contributed by atoms with Gasteiger partial charge in [-0.2, -0.15) is 5.10 Å². The number of carbonyl (C=O) groups is 1. The van der Waals surface area contributed by atoms with Crippen molar-refractivity contribution < 1.29 is 13.2 Å². The van der Waals surface area contributed by atoms with Gasteiger partial charge in [0.25, 0.3) is 5.91 Å². The standard InChI is InChI=1S/C20H23N5O3S/c1-14(2)12-23-29(27,28)17-9-7-16(8-10-17)24-20(26)18-13-22-25(15(18)3)19-6-4-5-11-21-19/h4-11,13-14,23H,12H2,1-3H3,(H,24,26). The van der Waals surface area contributed by atoms with Crippen LogP contribution < -0.4 is 10.0 Å². The predicted octanol–water partition coefficient (Wildman–Crippen LogP) is 2.76. The summed E-state index contributed by atoms with van der Waals surface area (Å²) < 4.78 is 28.7. The molecule has 1 aromatic carbocycles. The van der Waals surface area contributed by atoms with Crippen LogP contribution in [0.4, 0.5) is 5.69 Å². The largest absolute Gasteiger partial charge is 0.322 e. The molecule has 0 aliphatic carbocycles. The van der Waals surface area contributed by atoms with Crippen molar-refractivity contribution in [2.75, 3.05) is 11.9 Å². The number of hydrogen-bond acceptors (Lipinski definition) is 5. The summed E-state index contributed by atoms with van der Waals surface area (Å²) in [6, 6.07) is 11.5. The zero-order valence-electron chi connectivity index (χ0n) is 16.5. The molecule has 29 heavy (non-hydrogen) atoms. The number of aromatic nitrogens is 3. The molecule has 3 rings (SSSR count). The van der Waals surface area contributed by atoms with Crippen molar-refractivity contribution in [3.8, 4) is 5.82 Å². The van der Waals surface area contributed by atoms with Crippen LogP contribution in [0.1, 0.15) is 29.9 Å². The number of rotatable bonds is 7. The Labute approximate surface area is 170 Å². The first-order chi connectivity index (χ1) is 13.8. The second kappa shape index (κ2) is 8.54. The molecular weight excluding hydrogens is 390 g/mol. The van der Waals surface area contributed by atoms with Gasteiger partial charge in [0.1, 0.15) is 0 Å². The lowest BCUT2D eigenvalue weighted by atomic mass is 10.2. The summed E-state index contributed by atoms with van der Waals surface area (Å²) >= 11 is 0. The molecule has 1 amide bonds. The highest BCUT2D eigenvalue weighted by molar-refractivity contribution is 7.89. The Hall–Kier alpha value is -3.04. The van der Waals surface area contributed by atoms with Crippen LogP contribution in [0, 0.1) is 12.8 Å². The van der Waals surface area contributed by atoms with Gasteiger partial charge in [-0.1, -0.05) is 19.9 Å². The van der Waals surface area contributed by atoms with E-state index < -0.39 is 10.0 Å². The summed E-state index contributed by atoms with van der Waals surface area (Å²) in [6.45, 7) is 6.01. The molecule has 0 fully saturated rings. The van der Waals surface area contributed by atoms with Crippen LogP contribution in [0.3, 0.4) is 0 Å². The monoisotopic (exact) mass is 413 g/mol. The molecule has 2 N–H and O–H groups in total. The summed E-state index contributed by atoms with van der Waals surface area (Å²) in [6.07, 6.45) is 3.13. The van der Waals surface area contributed by atoms with Crippen molar-refractivity contribution in [2.24, 2.45) is 5.92 Å². The Bertz CT molecular complexity index is 1090. The van der Waals surface area contributed by atoms with E-state index in [0.717, 1.165) is 0 Å². The lowest BCUT2D eigenvalue weighted by molar-refractivity contribution is 0.102. The molecule has 0 saturated carbocycles. The number of nitrogens with zero attached hydrogens (tertiary/aromatic N) is 3. The van der Waals surface area contributed by atoms with Crippen molar-refractivity contribution in [3.05, 3.63) is 66.1 Å². The molecule has 2 aromatic heterocycles. The van der Waals surface area contributed by atoms with Crippen LogP contribution in [0.5, 0.6) is 0 Å². The molecular formula is C20H23N5O3S. The minimum absolute atomic E-state index is 0.148. The summed E-state index contributed by atoms with van der Waals surface area (Å²) in [7, 11) is -3.57. The van der Waals surface area contributed by atoms with Gasteiger partial charge < -0.3 is 5.32 Å². The molecule has 0 radical (unpaired) electrons. The highest BCUT2D eigenvalue weighted by Gasteiger charge is 2.17. The van der Waals surface area contributed by atoms with Crippen molar-refractivity contribution in [1.29, 1.82) is 0 Å². The van der Waals surface area contributed by atoms with Gasteiger partial charge in [0.15, 0.2) is 5.82 Å². The van der Waals surface area contributed by atoms with E-state index >= 15 is 0 Å². The zero-order chi connectivity index (χ0) is 21.0. The second-order valence-electron chi connectivity index (χ2n) is 6.97. The van der Waals surface area contributed by atoms with Crippen molar-refractivity contribution in [1.82, 2.24) is 19.5 Å². The Morgan fingerprint density at radius 1 is 1.14 bits per heavy atom. The van der Waals surface area contributed by atoms with Gasteiger partial charge in [0.2, 0.25) is 10.0 Å². The van der Waals surface area contributed by atoms with E-state index in [0.29, 0.717) is 29.3 Å². The third kappa shape index (κ3) is 4.87. The molecule has 0 aliphatic heterocycles. The molecule has 0 spiro atoms. The van der Waals surface area contributed by atoms with Gasteiger partial charge in [-0.3, -0.25) is 4.79 Å². The van der Waals surface area contributed by atoms with E-state index in [1.54, 1.807) is 42.1 Å². The van der Waals surface area contributed by atoms with E-state index in [2.05, 4.69) is 20.1 Å². The molecule has 2 heterocycles. The van der Waals surface area contributed by atoms with E-state index in [1.807, 2.05) is 19.9 Å². The fraction of sp³-hybridized carbons (Fsp3) is 0.250. The number of sulfonamides is 1. The Balaban J connectivity index is 1.73. The second-order valence-corrected chi connectivity index (χ2v) is 8.73. The molecule has 0 saturated heterocycles. The van der Waals surface area contributed by atoms with Crippen LogP contribution in [0.2, 0.25) is 0 Å². The molecule has 8 nitrogen and oxygen atoms in total. The summed E-state index contributed by atoms with van der Waals surface area (Å²) in [4.78, 5) is 17.0. The number of hydrogen-bond donors (Lipinski definition) is 2. The van der Waals surface area contributed by atoms with Gasteiger partial charge in [-0.15, -0.1) is 0 Å². The van der Waals surface area contributed by atoms with Gasteiger partial charge in [0.05, 0.1) is 22.3 Å². The van der Waals surface area contributed by atoms with E-state index in [-0.39, 0.29) is 16.7 Å². The van der Waals surface area contributed by atoms with Crippen LogP contribution in [-0.4, -0.2) is 35.6 Å². The van der Waals surface area contributed by atoms with Crippen LogP contribution in [0.25, 0.3) is 5.82 Å². The zero-order valence-corrected chi connectivity index (χ0v) is 17.3. The average molecular weight is 414 g/mol. The van der Waals surface area contributed by atoms with E-state index in [9.17, 15) is 13.2 Å². The fourth-order valence-electron chi connectivity index (χ4n) is 2.62. The summed E-state index contributed by atoms with van der Waals surface area (Å²) in [5, 5.41) is 7.00. The van der Waals surface area contributed by atoms with Crippen LogP contribution in [-0.2, 0) is 10.0 Å². The van der Waals surface area contributed by atoms with E-state index in [1.165, 1.54) is 18.3 Å². The Morgan fingerprint density at radius 2 is 1.86 bits per heavy atom. The maximum absolute atomic E-state index is 12.6. The minimum atomic E-state index is -3.57. The molecule has 9 heteroatoms. The normalized spacial score (nSPS) is 11.6. The molecule has 0 unspecified atom stereocenters. The maximum atomic E-state index is 12.6. The molecule has 152 valence electrons. The highest BCUT2D eigenvalue weighted by Crippen LogP contribution is 2.17. The first kappa shape index (κ1) is 20.7. The number of anilines is 1. The summed E-state index contributed by atoms with van der Waals surface area (Å²) in [5.41, 5.74) is 1.55. The smallest absolute Gasteiger partial charge is 0.259 e. The first-order valence-electron chi connectivity index (χ1n) is 9.15. The topological polar surface area (TPSA) is 106 Å². The number of benzene rings is 1. The third-order valence-corrected chi connectivity index (χ3v) is 5.66. The Morgan fingerprint density at radius 3 is 2.48 bits per heavy atom. The van der Waals surface area contributed by atoms with Gasteiger partial charge in [-0.05, 0) is 49.2 Å². The molecule has 0 aliphatic rings. The number of amides is 1. The molecule has 0 atom stereocenters. The van der Waals surface area contributed by atoms with Crippen LogP contribution >= 0.6 is 0 Å². The number of nitrogens with one attached hydrogen (secondary N) is 2. The highest BCUT2D eigenvalue weighted by atomic mass is 32.2. The van der Waals surface area contributed by atoms with E-state index in [4.69, 9.17) is 0 Å². The third-order valence-electron chi connectivity index (χ3n) is 4.22. The minimum Gasteiger partial charge on any atom is -0.322 e. The number of carbonyl (C=O) groups excluding carboxylic acids is 1. The van der Waals surface area contributed by atoms with Gasteiger partial charge in [-0.25, -0.2) is 22.8 Å². The molecule has 3 aromatic rings. The van der Waals surface area contributed by atoms with Crippen molar-refractivity contribution in [3.63, 3.8) is 0 Å². The lowest BCUT2D eigenvalue weighted by Gasteiger charge is -2.10. The van der Waals surface area contributed by atoms with Gasteiger partial charge >= 0.3 is 0 Å². The lowest BCUT2D eigenvalue weighted by Crippen LogP contribution is -2.27. The number of pyridine rings is 1. The maximum Gasteiger partial charge on any atom is 0.259 e.